The fourth-order valence-corrected chi connectivity index (χ4v) is 5.22. The molecule has 0 spiro atoms. The molecule has 1 aromatic heterocycles. The summed E-state index contributed by atoms with van der Waals surface area (Å²) in [5.41, 5.74) is 2.40. The summed E-state index contributed by atoms with van der Waals surface area (Å²) in [4.78, 5) is 11.3. The standard InChI is InChI=1S/C23H23N3O4/c1-14-19-21(25(24-14)15-9-6-5-7-10-15)30-22(2,3)18-13-29-20-16(23(18,19)4)11-8-12-17(20)26(27)28/h5-12,18H,13H2,1-4H3/t18-,23-/m1/s1. The number of aryl methyl sites for hydroxylation is 1. The number of ether oxygens (including phenoxy) is 2. The van der Waals surface area contributed by atoms with Gasteiger partial charge in [-0.15, -0.1) is 0 Å². The number of nitrogens with zero attached hydrogens (tertiary/aromatic N) is 3. The highest BCUT2D eigenvalue weighted by Crippen LogP contribution is 2.58. The number of nitro groups is 1. The first-order valence-corrected chi connectivity index (χ1v) is 10.0. The summed E-state index contributed by atoms with van der Waals surface area (Å²) in [6.45, 7) is 8.52. The van der Waals surface area contributed by atoms with Crippen LogP contribution in [0.4, 0.5) is 5.69 Å². The van der Waals surface area contributed by atoms with Gasteiger partial charge in [0.05, 0.1) is 22.9 Å². The average molecular weight is 405 g/mol. The van der Waals surface area contributed by atoms with E-state index in [4.69, 9.17) is 14.6 Å². The van der Waals surface area contributed by atoms with Crippen LogP contribution < -0.4 is 9.47 Å². The molecule has 0 radical (unpaired) electrons. The van der Waals surface area contributed by atoms with Crippen LogP contribution in [-0.2, 0) is 5.41 Å². The molecule has 2 aliphatic heterocycles. The Morgan fingerprint density at radius 3 is 2.57 bits per heavy atom. The maximum absolute atomic E-state index is 11.7. The first-order valence-electron chi connectivity index (χ1n) is 10.0. The third-order valence-electron chi connectivity index (χ3n) is 6.58. The monoisotopic (exact) mass is 405 g/mol. The number of aromatic nitrogens is 2. The Kier molecular flexibility index (Phi) is 3.78. The van der Waals surface area contributed by atoms with Gasteiger partial charge in [-0.25, -0.2) is 4.68 Å². The normalized spacial score (nSPS) is 23.4. The number of rotatable bonds is 2. The Labute approximate surface area is 174 Å². The summed E-state index contributed by atoms with van der Waals surface area (Å²) in [7, 11) is 0. The second-order valence-electron chi connectivity index (χ2n) is 8.70. The molecule has 0 aliphatic carbocycles. The van der Waals surface area contributed by atoms with Crippen molar-refractivity contribution in [1.82, 2.24) is 9.78 Å². The molecule has 0 fully saturated rings. The van der Waals surface area contributed by atoms with Gasteiger partial charge >= 0.3 is 5.69 Å². The number of nitro benzene ring substituents is 1. The smallest absolute Gasteiger partial charge is 0.311 e. The molecular weight excluding hydrogens is 382 g/mol. The highest BCUT2D eigenvalue weighted by atomic mass is 16.6. The first kappa shape index (κ1) is 18.7. The van der Waals surface area contributed by atoms with E-state index in [0.29, 0.717) is 18.2 Å². The molecule has 30 heavy (non-hydrogen) atoms. The molecule has 5 rings (SSSR count). The van der Waals surface area contributed by atoms with Gasteiger partial charge in [-0.2, -0.15) is 5.10 Å². The van der Waals surface area contributed by atoms with E-state index in [1.54, 1.807) is 6.07 Å². The van der Waals surface area contributed by atoms with Crippen molar-refractivity contribution in [3.63, 3.8) is 0 Å². The topological polar surface area (TPSA) is 79.4 Å². The quantitative estimate of drug-likeness (QED) is 0.461. The SMILES string of the molecule is Cc1nn(-c2ccccc2)c2c1[C@]1(C)c3cccc([N+](=O)[O-])c3OC[C@@H]1C(C)(C)O2. The average Bonchev–Trinajstić information content (AvgIpc) is 3.04. The Morgan fingerprint density at radius 2 is 1.87 bits per heavy atom. The van der Waals surface area contributed by atoms with Gasteiger partial charge in [0.15, 0.2) is 0 Å². The molecule has 154 valence electrons. The van der Waals surface area contributed by atoms with E-state index in [1.165, 1.54) is 6.07 Å². The van der Waals surface area contributed by atoms with E-state index in [-0.39, 0.29) is 16.5 Å². The van der Waals surface area contributed by atoms with Crippen LogP contribution in [-0.4, -0.2) is 26.9 Å². The summed E-state index contributed by atoms with van der Waals surface area (Å²) in [6.07, 6.45) is 0. The van der Waals surface area contributed by atoms with Crippen molar-refractivity contribution in [2.75, 3.05) is 6.61 Å². The van der Waals surface area contributed by atoms with Crippen molar-refractivity contribution >= 4 is 5.69 Å². The molecule has 7 nitrogen and oxygen atoms in total. The van der Waals surface area contributed by atoms with Crippen molar-refractivity contribution in [3.8, 4) is 17.3 Å². The fraction of sp³-hybridized carbons (Fsp3) is 0.348. The van der Waals surface area contributed by atoms with Gasteiger partial charge in [-0.05, 0) is 32.9 Å². The van der Waals surface area contributed by atoms with Crippen LogP contribution in [0, 0.1) is 23.0 Å². The van der Waals surface area contributed by atoms with Crippen LogP contribution >= 0.6 is 0 Å². The van der Waals surface area contributed by atoms with Gasteiger partial charge in [0.2, 0.25) is 11.6 Å². The fourth-order valence-electron chi connectivity index (χ4n) is 5.22. The molecule has 0 saturated heterocycles. The molecule has 7 heteroatoms. The van der Waals surface area contributed by atoms with Gasteiger partial charge in [-0.1, -0.05) is 37.3 Å². The molecule has 0 amide bonds. The molecule has 2 aromatic carbocycles. The zero-order chi connectivity index (χ0) is 21.3. The van der Waals surface area contributed by atoms with E-state index < -0.39 is 11.0 Å². The predicted molar refractivity (Wildman–Crippen MR) is 112 cm³/mol. The Morgan fingerprint density at radius 1 is 1.13 bits per heavy atom. The van der Waals surface area contributed by atoms with Crippen molar-refractivity contribution in [2.45, 2.75) is 38.7 Å². The highest BCUT2D eigenvalue weighted by Gasteiger charge is 2.58. The van der Waals surface area contributed by atoms with Gasteiger partial charge in [0.1, 0.15) is 5.60 Å². The van der Waals surface area contributed by atoms with E-state index in [9.17, 15) is 10.1 Å². The number of fused-ring (bicyclic) bond motifs is 5. The third kappa shape index (κ3) is 2.35. The molecule has 0 bridgehead atoms. The predicted octanol–water partition coefficient (Wildman–Crippen LogP) is 4.57. The van der Waals surface area contributed by atoms with E-state index in [1.807, 2.05) is 61.9 Å². The third-order valence-corrected chi connectivity index (χ3v) is 6.58. The summed E-state index contributed by atoms with van der Waals surface area (Å²) in [6, 6.07) is 15.0. The van der Waals surface area contributed by atoms with E-state index in [0.717, 1.165) is 22.5 Å². The molecule has 0 unspecified atom stereocenters. The number of benzene rings is 2. The van der Waals surface area contributed by atoms with Gasteiger partial charge in [0.25, 0.3) is 0 Å². The zero-order valence-electron chi connectivity index (χ0n) is 17.4. The van der Waals surface area contributed by atoms with Crippen LogP contribution in [0.15, 0.2) is 48.5 Å². The Balaban J connectivity index is 1.83. The summed E-state index contributed by atoms with van der Waals surface area (Å²) >= 11 is 0. The first-order chi connectivity index (χ1) is 14.2. The molecule has 3 aromatic rings. The van der Waals surface area contributed by atoms with Crippen LogP contribution in [0.3, 0.4) is 0 Å². The summed E-state index contributed by atoms with van der Waals surface area (Å²) < 4.78 is 14.4. The second-order valence-corrected chi connectivity index (χ2v) is 8.70. The number of hydrogen-bond acceptors (Lipinski definition) is 5. The lowest BCUT2D eigenvalue weighted by Gasteiger charge is -2.52. The van der Waals surface area contributed by atoms with E-state index in [2.05, 4.69) is 6.92 Å². The molecular formula is C23H23N3O4. The largest absolute Gasteiger partial charge is 0.486 e. The van der Waals surface area contributed by atoms with Gasteiger partial charge in [0, 0.05) is 28.5 Å². The summed E-state index contributed by atoms with van der Waals surface area (Å²) in [5.74, 6) is 0.984. The van der Waals surface area contributed by atoms with Crippen LogP contribution in [0.25, 0.3) is 5.69 Å². The number of para-hydroxylation sites is 2. The lowest BCUT2D eigenvalue weighted by molar-refractivity contribution is -0.386. The van der Waals surface area contributed by atoms with Crippen LogP contribution in [0.5, 0.6) is 11.6 Å². The second kappa shape index (κ2) is 6.08. The zero-order valence-corrected chi connectivity index (χ0v) is 17.4. The minimum atomic E-state index is -0.566. The highest BCUT2D eigenvalue weighted by molar-refractivity contribution is 5.62. The van der Waals surface area contributed by atoms with Crippen molar-refractivity contribution in [3.05, 3.63) is 75.5 Å². The molecule has 0 N–H and O–H groups in total. The minimum absolute atomic E-state index is 0.00822. The lowest BCUT2D eigenvalue weighted by atomic mass is 9.59. The minimum Gasteiger partial charge on any atom is -0.486 e. The molecule has 2 atom stereocenters. The van der Waals surface area contributed by atoms with Crippen molar-refractivity contribution in [1.29, 1.82) is 0 Å². The maximum atomic E-state index is 11.7. The Bertz CT molecular complexity index is 1170. The van der Waals surface area contributed by atoms with E-state index >= 15 is 0 Å². The van der Waals surface area contributed by atoms with Gasteiger partial charge in [-0.3, -0.25) is 10.1 Å². The molecule has 2 aliphatic rings. The summed E-state index contributed by atoms with van der Waals surface area (Å²) in [5, 5.41) is 16.5. The molecule has 0 saturated carbocycles. The van der Waals surface area contributed by atoms with Crippen LogP contribution in [0.2, 0.25) is 0 Å². The number of hydrogen-bond donors (Lipinski definition) is 0. The maximum Gasteiger partial charge on any atom is 0.311 e. The van der Waals surface area contributed by atoms with Crippen molar-refractivity contribution in [2.24, 2.45) is 5.92 Å². The lowest BCUT2D eigenvalue weighted by Crippen LogP contribution is -2.57. The molecule has 3 heterocycles. The van der Waals surface area contributed by atoms with Gasteiger partial charge < -0.3 is 9.47 Å². The van der Waals surface area contributed by atoms with Crippen LogP contribution in [0.1, 0.15) is 37.6 Å². The van der Waals surface area contributed by atoms with Crippen molar-refractivity contribution < 1.29 is 14.4 Å². The Hall–Kier alpha value is -3.35.